The van der Waals surface area contributed by atoms with Gasteiger partial charge in [0.1, 0.15) is 0 Å². The fourth-order valence-electron chi connectivity index (χ4n) is 1.07. The van der Waals surface area contributed by atoms with Crippen LogP contribution in [0.4, 0.5) is 5.69 Å². The summed E-state index contributed by atoms with van der Waals surface area (Å²) in [4.78, 5) is 0. The van der Waals surface area contributed by atoms with E-state index < -0.39 is 0 Å². The molecule has 1 rings (SSSR count). The van der Waals surface area contributed by atoms with E-state index in [0.29, 0.717) is 0 Å². The molecule has 0 fully saturated rings. The monoisotopic (exact) mass is 291 g/mol. The van der Waals surface area contributed by atoms with E-state index in [4.69, 9.17) is 5.11 Å². The van der Waals surface area contributed by atoms with E-state index in [2.05, 4.69) is 46.1 Å². The molecule has 0 aliphatic carbocycles. The molecule has 0 saturated carbocycles. The normalized spacial score (nSPS) is 10.0. The van der Waals surface area contributed by atoms with Crippen LogP contribution in [0, 0.1) is 3.57 Å². The molecule has 1 aromatic rings. The summed E-state index contributed by atoms with van der Waals surface area (Å²) >= 11 is 2.29. The molecule has 0 saturated heterocycles. The van der Waals surface area contributed by atoms with Gasteiger partial charge in [-0.25, -0.2) is 0 Å². The zero-order valence-electron chi connectivity index (χ0n) is 7.46. The van der Waals surface area contributed by atoms with Crippen LogP contribution < -0.4 is 5.32 Å². The molecule has 2 N–H and O–H groups in total. The first-order valence-corrected chi connectivity index (χ1v) is 5.51. The van der Waals surface area contributed by atoms with E-state index in [0.717, 1.165) is 25.1 Å². The van der Waals surface area contributed by atoms with Gasteiger partial charge in [-0.2, -0.15) is 0 Å². The van der Waals surface area contributed by atoms with Gasteiger partial charge in [-0.15, -0.1) is 0 Å². The molecule has 0 amide bonds. The molecule has 1 aromatic carbocycles. The second-order valence-electron chi connectivity index (χ2n) is 2.87. The summed E-state index contributed by atoms with van der Waals surface area (Å²) in [5.41, 5.74) is 1.16. The van der Waals surface area contributed by atoms with Crippen LogP contribution in [0.25, 0.3) is 0 Å². The van der Waals surface area contributed by atoms with E-state index in [1.54, 1.807) is 0 Å². The highest BCUT2D eigenvalue weighted by molar-refractivity contribution is 14.1. The Bertz CT molecular complexity index is 252. The van der Waals surface area contributed by atoms with Crippen molar-refractivity contribution in [1.29, 1.82) is 0 Å². The maximum Gasteiger partial charge on any atom is 0.0431 e. The highest BCUT2D eigenvalue weighted by Gasteiger charge is 1.91. The van der Waals surface area contributed by atoms with E-state index >= 15 is 0 Å². The standard InChI is InChI=1S/C10H14INO/c11-9-4-3-5-10(8-9)12-6-1-2-7-13/h3-5,8,12-13H,1-2,6-7H2. The van der Waals surface area contributed by atoms with Gasteiger partial charge in [0.15, 0.2) is 0 Å². The SMILES string of the molecule is OCCCCNc1cccc(I)c1. The molecule has 0 aliphatic heterocycles. The van der Waals surface area contributed by atoms with Crippen molar-refractivity contribution in [3.8, 4) is 0 Å². The lowest BCUT2D eigenvalue weighted by atomic mass is 10.3. The Morgan fingerprint density at radius 1 is 1.31 bits per heavy atom. The number of nitrogens with one attached hydrogen (secondary N) is 1. The lowest BCUT2D eigenvalue weighted by Gasteiger charge is -2.05. The van der Waals surface area contributed by atoms with Crippen molar-refractivity contribution in [3.05, 3.63) is 27.8 Å². The summed E-state index contributed by atoms with van der Waals surface area (Å²) in [6, 6.07) is 8.27. The highest BCUT2D eigenvalue weighted by Crippen LogP contribution is 2.12. The minimum absolute atomic E-state index is 0.286. The van der Waals surface area contributed by atoms with E-state index in [-0.39, 0.29) is 6.61 Å². The van der Waals surface area contributed by atoms with Crippen molar-refractivity contribution in [3.63, 3.8) is 0 Å². The van der Waals surface area contributed by atoms with Crippen molar-refractivity contribution in [2.45, 2.75) is 12.8 Å². The van der Waals surface area contributed by atoms with Crippen LogP contribution in [0.1, 0.15) is 12.8 Å². The fourth-order valence-corrected chi connectivity index (χ4v) is 1.61. The lowest BCUT2D eigenvalue weighted by Crippen LogP contribution is -2.02. The van der Waals surface area contributed by atoms with Crippen LogP contribution in [0.5, 0.6) is 0 Å². The first-order valence-electron chi connectivity index (χ1n) is 4.43. The second-order valence-corrected chi connectivity index (χ2v) is 4.11. The third-order valence-corrected chi connectivity index (χ3v) is 2.41. The maximum absolute atomic E-state index is 8.58. The molecule has 2 nitrogen and oxygen atoms in total. The van der Waals surface area contributed by atoms with Crippen molar-refractivity contribution >= 4 is 28.3 Å². The van der Waals surface area contributed by atoms with Crippen LogP contribution in [0.3, 0.4) is 0 Å². The van der Waals surface area contributed by atoms with Gasteiger partial charge in [0.05, 0.1) is 0 Å². The average Bonchev–Trinajstić information content (AvgIpc) is 2.13. The number of unbranched alkanes of at least 4 members (excludes halogenated alkanes) is 1. The molecule has 3 heteroatoms. The Balaban J connectivity index is 2.28. The van der Waals surface area contributed by atoms with E-state index in [1.807, 2.05) is 6.07 Å². The van der Waals surface area contributed by atoms with Crippen molar-refractivity contribution < 1.29 is 5.11 Å². The smallest absolute Gasteiger partial charge is 0.0431 e. The Hall–Kier alpha value is -0.290. The molecular formula is C10H14INO. The van der Waals surface area contributed by atoms with Gasteiger partial charge in [0.2, 0.25) is 0 Å². The molecule has 13 heavy (non-hydrogen) atoms. The summed E-state index contributed by atoms with van der Waals surface area (Å²) in [7, 11) is 0. The summed E-state index contributed by atoms with van der Waals surface area (Å²) in [6.07, 6.45) is 1.89. The molecule has 0 radical (unpaired) electrons. The van der Waals surface area contributed by atoms with Gasteiger partial charge in [0, 0.05) is 22.4 Å². The zero-order valence-corrected chi connectivity index (χ0v) is 9.62. The van der Waals surface area contributed by atoms with Gasteiger partial charge in [-0.1, -0.05) is 6.07 Å². The Morgan fingerprint density at radius 2 is 2.15 bits per heavy atom. The van der Waals surface area contributed by atoms with Crippen LogP contribution >= 0.6 is 22.6 Å². The second kappa shape index (κ2) is 6.21. The van der Waals surface area contributed by atoms with Crippen LogP contribution in [0.2, 0.25) is 0 Å². The van der Waals surface area contributed by atoms with Crippen molar-refractivity contribution in [2.75, 3.05) is 18.5 Å². The maximum atomic E-state index is 8.58. The number of hydrogen-bond donors (Lipinski definition) is 2. The number of benzene rings is 1. The van der Waals surface area contributed by atoms with Crippen LogP contribution in [-0.2, 0) is 0 Å². The number of aliphatic hydroxyl groups excluding tert-OH is 1. The number of aliphatic hydroxyl groups is 1. The molecule has 0 aliphatic rings. The molecule has 0 bridgehead atoms. The predicted molar refractivity (Wildman–Crippen MR) is 64.0 cm³/mol. The zero-order chi connectivity index (χ0) is 9.52. The summed E-state index contributed by atoms with van der Waals surface area (Å²) in [6.45, 7) is 1.22. The molecule has 0 heterocycles. The third kappa shape index (κ3) is 4.47. The quantitative estimate of drug-likeness (QED) is 0.645. The fraction of sp³-hybridized carbons (Fsp3) is 0.400. The van der Waals surface area contributed by atoms with Crippen molar-refractivity contribution in [2.24, 2.45) is 0 Å². The number of halogens is 1. The number of rotatable bonds is 5. The molecule has 72 valence electrons. The first kappa shape index (κ1) is 10.8. The largest absolute Gasteiger partial charge is 0.396 e. The van der Waals surface area contributed by atoms with E-state index in [9.17, 15) is 0 Å². The van der Waals surface area contributed by atoms with Crippen LogP contribution in [-0.4, -0.2) is 18.3 Å². The lowest BCUT2D eigenvalue weighted by molar-refractivity contribution is 0.286. The highest BCUT2D eigenvalue weighted by atomic mass is 127. The topological polar surface area (TPSA) is 32.3 Å². The molecule has 0 atom stereocenters. The summed E-state index contributed by atoms with van der Waals surface area (Å²) < 4.78 is 1.24. The predicted octanol–water partition coefficient (Wildman–Crippen LogP) is 2.48. The molecular weight excluding hydrogens is 277 g/mol. The summed E-state index contributed by atoms with van der Waals surface area (Å²) in [5, 5.41) is 11.9. The molecule has 0 spiro atoms. The first-order chi connectivity index (χ1) is 6.33. The van der Waals surface area contributed by atoms with Gasteiger partial charge in [-0.3, -0.25) is 0 Å². The Morgan fingerprint density at radius 3 is 2.85 bits per heavy atom. The molecule has 0 aromatic heterocycles. The number of hydrogen-bond acceptors (Lipinski definition) is 2. The third-order valence-electron chi connectivity index (χ3n) is 1.74. The minimum atomic E-state index is 0.286. The van der Waals surface area contributed by atoms with E-state index in [1.165, 1.54) is 3.57 Å². The Labute approximate surface area is 92.5 Å². The van der Waals surface area contributed by atoms with Gasteiger partial charge < -0.3 is 10.4 Å². The van der Waals surface area contributed by atoms with Gasteiger partial charge >= 0.3 is 0 Å². The molecule has 0 unspecified atom stereocenters. The van der Waals surface area contributed by atoms with Crippen LogP contribution in [0.15, 0.2) is 24.3 Å². The van der Waals surface area contributed by atoms with Crippen molar-refractivity contribution in [1.82, 2.24) is 0 Å². The summed E-state index contributed by atoms with van der Waals surface area (Å²) in [5.74, 6) is 0. The number of anilines is 1. The average molecular weight is 291 g/mol. The Kier molecular flexibility index (Phi) is 5.15. The van der Waals surface area contributed by atoms with Gasteiger partial charge in [0.25, 0.3) is 0 Å². The minimum Gasteiger partial charge on any atom is -0.396 e. The van der Waals surface area contributed by atoms with Gasteiger partial charge in [-0.05, 0) is 53.6 Å².